The number of ether oxygens (including phenoxy) is 2. The lowest BCUT2D eigenvalue weighted by atomic mass is 10.0. The summed E-state index contributed by atoms with van der Waals surface area (Å²) >= 11 is 3.45. The van der Waals surface area contributed by atoms with Crippen LogP contribution < -0.4 is 20.1 Å². The predicted molar refractivity (Wildman–Crippen MR) is 105 cm³/mol. The minimum absolute atomic E-state index is 0.00388. The van der Waals surface area contributed by atoms with Gasteiger partial charge in [-0.1, -0.05) is 47.1 Å². The van der Waals surface area contributed by atoms with E-state index in [-0.39, 0.29) is 11.9 Å². The number of amides is 1. The van der Waals surface area contributed by atoms with Crippen LogP contribution in [0.25, 0.3) is 0 Å². The van der Waals surface area contributed by atoms with E-state index >= 15 is 0 Å². The number of benzene rings is 2. The molecule has 0 spiro atoms. The molecule has 0 aliphatic carbocycles. The van der Waals surface area contributed by atoms with Gasteiger partial charge in [-0.15, -0.1) is 0 Å². The molecule has 0 saturated carbocycles. The minimum Gasteiger partial charge on any atom is -0.493 e. The number of nitrogens with one attached hydrogen (secondary N) is 1. The molecule has 5 nitrogen and oxygen atoms in total. The lowest BCUT2D eigenvalue weighted by Gasteiger charge is -2.14. The molecule has 26 heavy (non-hydrogen) atoms. The molecule has 6 heteroatoms. The fourth-order valence-electron chi connectivity index (χ4n) is 2.66. The fraction of sp³-hybridized carbons (Fsp3) is 0.350. The molecule has 0 aromatic heterocycles. The van der Waals surface area contributed by atoms with Crippen molar-refractivity contribution in [1.82, 2.24) is 5.32 Å². The zero-order valence-corrected chi connectivity index (χ0v) is 16.8. The maximum absolute atomic E-state index is 12.1. The van der Waals surface area contributed by atoms with E-state index in [0.717, 1.165) is 10.9 Å². The van der Waals surface area contributed by atoms with Gasteiger partial charge in [0.2, 0.25) is 0 Å². The van der Waals surface area contributed by atoms with E-state index in [2.05, 4.69) is 45.6 Å². The van der Waals surface area contributed by atoms with Gasteiger partial charge in [0, 0.05) is 16.5 Å². The molecule has 2 rings (SSSR count). The van der Waals surface area contributed by atoms with E-state index in [9.17, 15) is 4.79 Å². The second kappa shape index (κ2) is 10.8. The van der Waals surface area contributed by atoms with Crippen LogP contribution in [0.1, 0.15) is 24.9 Å². The molecular weight excluding hydrogens is 396 g/mol. The lowest BCUT2D eigenvalue weighted by Crippen LogP contribution is -2.87. The lowest BCUT2D eigenvalue weighted by molar-refractivity contribution is -0.686. The molecule has 0 radical (unpaired) electrons. The Morgan fingerprint density at radius 3 is 2.50 bits per heavy atom. The Labute approximate surface area is 163 Å². The molecule has 0 unspecified atom stereocenters. The van der Waals surface area contributed by atoms with Crippen LogP contribution in [0.15, 0.2) is 53.0 Å². The van der Waals surface area contributed by atoms with Crippen LogP contribution in [0.4, 0.5) is 0 Å². The summed E-state index contributed by atoms with van der Waals surface area (Å²) in [6.07, 6.45) is 0.964. The van der Waals surface area contributed by atoms with E-state index < -0.39 is 0 Å². The van der Waals surface area contributed by atoms with Crippen molar-refractivity contribution in [2.75, 3.05) is 26.8 Å². The van der Waals surface area contributed by atoms with Crippen molar-refractivity contribution in [2.45, 2.75) is 19.4 Å². The second-order valence-corrected chi connectivity index (χ2v) is 6.77. The predicted octanol–water partition coefficient (Wildman–Crippen LogP) is 2.67. The number of quaternary nitrogens is 1. The van der Waals surface area contributed by atoms with Crippen LogP contribution in [0, 0.1) is 0 Å². The largest absolute Gasteiger partial charge is 0.493 e. The molecule has 0 aliphatic heterocycles. The van der Waals surface area contributed by atoms with Gasteiger partial charge in [0.25, 0.3) is 5.91 Å². The van der Waals surface area contributed by atoms with Crippen LogP contribution in [-0.2, 0) is 4.79 Å². The molecule has 1 atom stereocenters. The highest BCUT2D eigenvalue weighted by Gasteiger charge is 2.14. The average Bonchev–Trinajstić information content (AvgIpc) is 2.67. The number of hydrogen-bond donors (Lipinski definition) is 2. The monoisotopic (exact) mass is 421 g/mol. The zero-order valence-electron chi connectivity index (χ0n) is 15.2. The first-order chi connectivity index (χ1) is 12.6. The van der Waals surface area contributed by atoms with Crippen molar-refractivity contribution in [2.24, 2.45) is 0 Å². The van der Waals surface area contributed by atoms with Crippen molar-refractivity contribution in [3.63, 3.8) is 0 Å². The molecule has 0 saturated heterocycles. The first-order valence-corrected chi connectivity index (χ1v) is 9.54. The van der Waals surface area contributed by atoms with Gasteiger partial charge in [-0.2, -0.15) is 0 Å². The molecule has 0 fully saturated rings. The molecule has 0 bridgehead atoms. The highest BCUT2D eigenvalue weighted by molar-refractivity contribution is 9.10. The van der Waals surface area contributed by atoms with Gasteiger partial charge >= 0.3 is 0 Å². The molecule has 1 amide bonds. The SMILES string of the molecule is CC[C@H]([NH2+]CC(=O)NCCOc1ccccc1OC)c1ccc(Br)cc1. The molecule has 140 valence electrons. The van der Waals surface area contributed by atoms with Gasteiger partial charge in [-0.05, 0) is 24.3 Å². The highest BCUT2D eigenvalue weighted by atomic mass is 79.9. The third-order valence-electron chi connectivity index (χ3n) is 4.08. The first-order valence-electron chi connectivity index (χ1n) is 8.75. The van der Waals surface area contributed by atoms with Gasteiger partial charge in [0.1, 0.15) is 12.6 Å². The normalized spacial score (nSPS) is 11.7. The average molecular weight is 422 g/mol. The highest BCUT2D eigenvalue weighted by Crippen LogP contribution is 2.25. The molecule has 3 N–H and O–H groups in total. The van der Waals surface area contributed by atoms with E-state index in [0.29, 0.717) is 31.2 Å². The van der Waals surface area contributed by atoms with Crippen molar-refractivity contribution in [1.29, 1.82) is 0 Å². The maximum Gasteiger partial charge on any atom is 0.275 e. The Hall–Kier alpha value is -2.05. The van der Waals surface area contributed by atoms with Crippen LogP contribution in [0.3, 0.4) is 0 Å². The molecule has 2 aromatic rings. The fourth-order valence-corrected chi connectivity index (χ4v) is 2.92. The molecule has 0 heterocycles. The van der Waals surface area contributed by atoms with Crippen molar-refractivity contribution in [3.8, 4) is 11.5 Å². The summed E-state index contributed by atoms with van der Waals surface area (Å²) in [5, 5.41) is 4.96. The summed E-state index contributed by atoms with van der Waals surface area (Å²) in [6, 6.07) is 16.0. The van der Waals surface area contributed by atoms with Crippen LogP contribution in [-0.4, -0.2) is 32.7 Å². The number of carbonyl (C=O) groups excluding carboxylic acids is 1. The molecule has 2 aromatic carbocycles. The summed E-state index contributed by atoms with van der Waals surface area (Å²) in [7, 11) is 1.61. The summed E-state index contributed by atoms with van der Waals surface area (Å²) < 4.78 is 11.9. The van der Waals surface area contributed by atoms with Crippen molar-refractivity contribution in [3.05, 3.63) is 58.6 Å². The van der Waals surface area contributed by atoms with Gasteiger partial charge in [-0.25, -0.2) is 0 Å². The van der Waals surface area contributed by atoms with Crippen LogP contribution >= 0.6 is 15.9 Å². The van der Waals surface area contributed by atoms with Crippen molar-refractivity contribution < 1.29 is 19.6 Å². The Bertz CT molecular complexity index is 692. The zero-order chi connectivity index (χ0) is 18.8. The Kier molecular flexibility index (Phi) is 8.44. The number of nitrogens with two attached hydrogens (primary N) is 1. The Morgan fingerprint density at radius 2 is 1.85 bits per heavy atom. The quantitative estimate of drug-likeness (QED) is 0.579. The standard InChI is InChI=1S/C20H25BrN2O3/c1-3-17(15-8-10-16(21)11-9-15)23-14-20(24)22-12-13-26-19-7-5-4-6-18(19)25-2/h4-11,17,23H,3,12-14H2,1-2H3,(H,22,24)/p+1/t17-/m0/s1. The number of rotatable bonds is 10. The van der Waals surface area contributed by atoms with Gasteiger partial charge < -0.3 is 20.1 Å². The minimum atomic E-state index is 0.00388. The summed E-state index contributed by atoms with van der Waals surface area (Å²) in [6.45, 7) is 3.38. The summed E-state index contributed by atoms with van der Waals surface area (Å²) in [4.78, 5) is 12.1. The number of para-hydroxylation sites is 2. The summed E-state index contributed by atoms with van der Waals surface area (Å²) in [5.41, 5.74) is 1.23. The topological polar surface area (TPSA) is 64.2 Å². The second-order valence-electron chi connectivity index (χ2n) is 5.86. The third-order valence-corrected chi connectivity index (χ3v) is 4.61. The van der Waals surface area contributed by atoms with Crippen LogP contribution in [0.2, 0.25) is 0 Å². The number of carbonyl (C=O) groups is 1. The number of hydrogen-bond acceptors (Lipinski definition) is 3. The smallest absolute Gasteiger partial charge is 0.275 e. The summed E-state index contributed by atoms with van der Waals surface area (Å²) in [5.74, 6) is 1.37. The van der Waals surface area contributed by atoms with E-state index in [1.165, 1.54) is 5.56 Å². The molecule has 0 aliphatic rings. The third kappa shape index (κ3) is 6.35. The molecular formula is C20H26BrN2O3+. The van der Waals surface area contributed by atoms with Crippen LogP contribution in [0.5, 0.6) is 11.5 Å². The van der Waals surface area contributed by atoms with E-state index in [1.54, 1.807) is 7.11 Å². The number of halogens is 1. The van der Waals surface area contributed by atoms with E-state index in [1.807, 2.05) is 36.4 Å². The Balaban J connectivity index is 1.70. The number of methoxy groups -OCH3 is 1. The van der Waals surface area contributed by atoms with Crippen molar-refractivity contribution >= 4 is 21.8 Å². The Morgan fingerprint density at radius 1 is 1.15 bits per heavy atom. The van der Waals surface area contributed by atoms with Gasteiger partial charge in [-0.3, -0.25) is 4.79 Å². The maximum atomic E-state index is 12.1. The first kappa shape index (κ1) is 20.3. The van der Waals surface area contributed by atoms with Gasteiger partial charge in [0.05, 0.1) is 13.7 Å². The van der Waals surface area contributed by atoms with Gasteiger partial charge in [0.15, 0.2) is 18.0 Å². The van der Waals surface area contributed by atoms with E-state index in [4.69, 9.17) is 9.47 Å².